The molecule has 130 valence electrons. The standard InChI is InChI=1S/C20H21NO4/c1-19(2)15-11-7-8-12-16(15)21(20(19,3)17(22)23)18(24)25-13-14-9-5-4-6-10-14/h4-12H,13H2,1-3H3,(H,22,23). The molecule has 5 nitrogen and oxygen atoms in total. The Balaban J connectivity index is 1.97. The number of hydrogen-bond acceptors (Lipinski definition) is 3. The lowest BCUT2D eigenvalue weighted by molar-refractivity contribution is -0.144. The lowest BCUT2D eigenvalue weighted by atomic mass is 9.71. The molecule has 0 bridgehead atoms. The van der Waals surface area contributed by atoms with Gasteiger partial charge in [0.15, 0.2) is 5.54 Å². The Hall–Kier alpha value is -2.82. The van der Waals surface area contributed by atoms with Gasteiger partial charge in [0.2, 0.25) is 0 Å². The van der Waals surface area contributed by atoms with Crippen molar-refractivity contribution in [3.05, 3.63) is 65.7 Å². The van der Waals surface area contributed by atoms with Gasteiger partial charge in [-0.1, -0.05) is 62.4 Å². The number of carboxylic acid groups (broad SMARTS) is 1. The summed E-state index contributed by atoms with van der Waals surface area (Å²) in [6.07, 6.45) is -0.660. The van der Waals surface area contributed by atoms with Gasteiger partial charge in [0.05, 0.1) is 5.69 Å². The third kappa shape index (κ3) is 2.47. The average molecular weight is 339 g/mol. The fourth-order valence-electron chi connectivity index (χ4n) is 3.41. The predicted octanol–water partition coefficient (Wildman–Crippen LogP) is 3.96. The van der Waals surface area contributed by atoms with Crippen LogP contribution in [0.5, 0.6) is 0 Å². The maximum absolute atomic E-state index is 12.8. The first-order valence-corrected chi connectivity index (χ1v) is 8.14. The van der Waals surface area contributed by atoms with Crippen LogP contribution >= 0.6 is 0 Å². The fraction of sp³-hybridized carbons (Fsp3) is 0.300. The number of ether oxygens (including phenoxy) is 1. The van der Waals surface area contributed by atoms with Gasteiger partial charge in [0, 0.05) is 5.41 Å². The number of carboxylic acids is 1. The molecule has 1 N–H and O–H groups in total. The van der Waals surface area contributed by atoms with Gasteiger partial charge in [-0.2, -0.15) is 0 Å². The zero-order valence-electron chi connectivity index (χ0n) is 14.5. The minimum absolute atomic E-state index is 0.0917. The van der Waals surface area contributed by atoms with Crippen LogP contribution in [0.4, 0.5) is 10.5 Å². The van der Waals surface area contributed by atoms with Crippen molar-refractivity contribution in [2.75, 3.05) is 4.90 Å². The van der Waals surface area contributed by atoms with E-state index in [9.17, 15) is 14.7 Å². The highest BCUT2D eigenvalue weighted by atomic mass is 16.6. The molecule has 5 heteroatoms. The summed E-state index contributed by atoms with van der Waals surface area (Å²) in [4.78, 5) is 26.2. The van der Waals surface area contributed by atoms with Crippen molar-refractivity contribution in [3.63, 3.8) is 0 Å². The first kappa shape index (κ1) is 17.0. The summed E-state index contributed by atoms with van der Waals surface area (Å²) in [7, 11) is 0. The molecule has 0 aromatic heterocycles. The topological polar surface area (TPSA) is 66.8 Å². The number of fused-ring (bicyclic) bond motifs is 1. The number of carbonyl (C=O) groups is 2. The molecule has 1 heterocycles. The Morgan fingerprint density at radius 2 is 1.60 bits per heavy atom. The molecule has 1 aliphatic rings. The number of anilines is 1. The SMILES string of the molecule is CC1(C)c2ccccc2N(C(=O)OCc2ccccc2)C1(C)C(=O)O. The van der Waals surface area contributed by atoms with Crippen molar-refractivity contribution in [2.24, 2.45) is 0 Å². The largest absolute Gasteiger partial charge is 0.479 e. The maximum atomic E-state index is 12.8. The summed E-state index contributed by atoms with van der Waals surface area (Å²) < 4.78 is 5.43. The predicted molar refractivity (Wildman–Crippen MR) is 94.6 cm³/mol. The summed E-state index contributed by atoms with van der Waals surface area (Å²) in [6.45, 7) is 5.34. The van der Waals surface area contributed by atoms with Gasteiger partial charge in [-0.05, 0) is 24.1 Å². The maximum Gasteiger partial charge on any atom is 0.415 e. The molecule has 3 rings (SSSR count). The van der Waals surface area contributed by atoms with Crippen molar-refractivity contribution in [1.29, 1.82) is 0 Å². The third-order valence-electron chi connectivity index (χ3n) is 5.29. The number of amides is 1. The summed E-state index contributed by atoms with van der Waals surface area (Å²) in [5, 5.41) is 9.94. The van der Waals surface area contributed by atoms with Gasteiger partial charge < -0.3 is 9.84 Å². The van der Waals surface area contributed by atoms with E-state index in [4.69, 9.17) is 4.74 Å². The van der Waals surface area contributed by atoms with Crippen LogP contribution in [0.1, 0.15) is 31.9 Å². The van der Waals surface area contributed by atoms with Gasteiger partial charge in [-0.15, -0.1) is 0 Å². The first-order valence-electron chi connectivity index (χ1n) is 8.14. The highest BCUT2D eigenvalue weighted by Gasteiger charge is 2.61. The van der Waals surface area contributed by atoms with E-state index in [1.54, 1.807) is 19.1 Å². The Kier molecular flexibility index (Phi) is 4.03. The van der Waals surface area contributed by atoms with E-state index < -0.39 is 23.0 Å². The van der Waals surface area contributed by atoms with Crippen LogP contribution in [0.3, 0.4) is 0 Å². The minimum Gasteiger partial charge on any atom is -0.479 e. The van der Waals surface area contributed by atoms with E-state index in [-0.39, 0.29) is 6.61 Å². The van der Waals surface area contributed by atoms with Crippen molar-refractivity contribution >= 4 is 17.7 Å². The van der Waals surface area contributed by atoms with E-state index >= 15 is 0 Å². The summed E-state index contributed by atoms with van der Waals surface area (Å²) in [6, 6.07) is 16.6. The molecule has 0 saturated carbocycles. The Morgan fingerprint density at radius 3 is 2.24 bits per heavy atom. The number of benzene rings is 2. The molecule has 0 aliphatic carbocycles. The van der Waals surface area contributed by atoms with Crippen LogP contribution in [0.25, 0.3) is 0 Å². The lowest BCUT2D eigenvalue weighted by Crippen LogP contribution is -2.61. The van der Waals surface area contributed by atoms with Crippen molar-refractivity contribution in [3.8, 4) is 0 Å². The van der Waals surface area contributed by atoms with Crippen LogP contribution in [0, 0.1) is 0 Å². The molecule has 25 heavy (non-hydrogen) atoms. The number of para-hydroxylation sites is 1. The highest BCUT2D eigenvalue weighted by Crippen LogP contribution is 2.51. The number of hydrogen-bond donors (Lipinski definition) is 1. The zero-order valence-corrected chi connectivity index (χ0v) is 14.5. The first-order chi connectivity index (χ1) is 11.8. The molecule has 0 radical (unpaired) electrons. The molecule has 1 aliphatic heterocycles. The Bertz CT molecular complexity index is 815. The van der Waals surface area contributed by atoms with Gasteiger partial charge in [-0.3, -0.25) is 4.90 Å². The minimum atomic E-state index is -1.44. The Labute approximate surface area is 146 Å². The molecule has 2 aromatic rings. The number of nitrogens with zero attached hydrogens (tertiary/aromatic N) is 1. The van der Waals surface area contributed by atoms with Crippen LogP contribution in [0.15, 0.2) is 54.6 Å². The quantitative estimate of drug-likeness (QED) is 0.919. The molecule has 1 atom stereocenters. The van der Waals surface area contributed by atoms with Crippen LogP contribution in [-0.2, 0) is 21.6 Å². The zero-order chi connectivity index (χ0) is 18.2. The third-order valence-corrected chi connectivity index (χ3v) is 5.29. The van der Waals surface area contributed by atoms with Crippen LogP contribution in [-0.4, -0.2) is 22.7 Å². The second kappa shape index (κ2) is 5.92. The van der Waals surface area contributed by atoms with E-state index in [2.05, 4.69) is 0 Å². The van der Waals surface area contributed by atoms with Crippen molar-refractivity contribution < 1.29 is 19.4 Å². The van der Waals surface area contributed by atoms with Crippen LogP contribution < -0.4 is 4.90 Å². The van der Waals surface area contributed by atoms with Gasteiger partial charge in [0.1, 0.15) is 6.61 Å². The number of rotatable bonds is 3. The number of carbonyl (C=O) groups excluding carboxylic acids is 1. The van der Waals surface area contributed by atoms with E-state index in [1.165, 1.54) is 4.90 Å². The molecule has 1 amide bonds. The smallest absolute Gasteiger partial charge is 0.415 e. The summed E-state index contributed by atoms with van der Waals surface area (Å²) >= 11 is 0. The fourth-order valence-corrected chi connectivity index (χ4v) is 3.41. The summed E-state index contributed by atoms with van der Waals surface area (Å²) in [5.41, 5.74) is 0.0395. The van der Waals surface area contributed by atoms with Gasteiger partial charge in [-0.25, -0.2) is 9.59 Å². The molecular formula is C20H21NO4. The van der Waals surface area contributed by atoms with Gasteiger partial charge in [0.25, 0.3) is 0 Å². The average Bonchev–Trinajstić information content (AvgIpc) is 2.79. The second-order valence-electron chi connectivity index (χ2n) is 6.90. The Morgan fingerprint density at radius 1 is 1.00 bits per heavy atom. The molecule has 1 unspecified atom stereocenters. The van der Waals surface area contributed by atoms with E-state index in [0.29, 0.717) is 5.69 Å². The lowest BCUT2D eigenvalue weighted by Gasteiger charge is -2.39. The normalized spacial score (nSPS) is 20.8. The van der Waals surface area contributed by atoms with Gasteiger partial charge >= 0.3 is 12.1 Å². The van der Waals surface area contributed by atoms with Crippen LogP contribution in [0.2, 0.25) is 0 Å². The molecular weight excluding hydrogens is 318 g/mol. The number of aliphatic carboxylic acids is 1. The van der Waals surface area contributed by atoms with Crippen molar-refractivity contribution in [1.82, 2.24) is 0 Å². The van der Waals surface area contributed by atoms with Crippen molar-refractivity contribution in [2.45, 2.75) is 38.3 Å². The molecule has 0 fully saturated rings. The monoisotopic (exact) mass is 339 g/mol. The second-order valence-corrected chi connectivity index (χ2v) is 6.90. The molecule has 0 spiro atoms. The molecule has 2 aromatic carbocycles. The van der Waals surface area contributed by atoms with E-state index in [1.807, 2.05) is 56.3 Å². The highest BCUT2D eigenvalue weighted by molar-refractivity contribution is 6.03. The molecule has 0 saturated heterocycles. The van der Waals surface area contributed by atoms with E-state index in [0.717, 1.165) is 11.1 Å². The summed E-state index contributed by atoms with van der Waals surface area (Å²) in [5.74, 6) is -1.06.